The first kappa shape index (κ1) is 11.7. The number of hydrogen-bond donors (Lipinski definition) is 1. The third kappa shape index (κ3) is 2.88. The molecule has 0 aliphatic rings. The van der Waals surface area contributed by atoms with Crippen LogP contribution in [0, 0.1) is 5.82 Å². The van der Waals surface area contributed by atoms with E-state index < -0.39 is 0 Å². The van der Waals surface area contributed by atoms with E-state index in [1.807, 2.05) is 0 Å². The van der Waals surface area contributed by atoms with Gasteiger partial charge in [-0.15, -0.1) is 5.10 Å². The van der Waals surface area contributed by atoms with Crippen molar-refractivity contribution in [3.63, 3.8) is 0 Å². The van der Waals surface area contributed by atoms with E-state index in [2.05, 4.69) is 10.3 Å². The smallest absolute Gasteiger partial charge is 0.123 e. The molecule has 1 heterocycles. The average Bonchev–Trinajstić information content (AvgIpc) is 2.72. The van der Waals surface area contributed by atoms with Gasteiger partial charge in [-0.1, -0.05) is 17.3 Å². The van der Waals surface area contributed by atoms with E-state index in [1.165, 1.54) is 12.1 Å². The van der Waals surface area contributed by atoms with E-state index in [4.69, 9.17) is 0 Å². The molecular formula is C12H14FN3O. The van der Waals surface area contributed by atoms with Gasteiger partial charge in [0.05, 0.1) is 12.3 Å². The first-order valence-electron chi connectivity index (χ1n) is 5.40. The van der Waals surface area contributed by atoms with Crippen molar-refractivity contribution in [1.29, 1.82) is 0 Å². The van der Waals surface area contributed by atoms with E-state index in [1.54, 1.807) is 30.1 Å². The Balaban J connectivity index is 2.16. The molecule has 0 radical (unpaired) electrons. The summed E-state index contributed by atoms with van der Waals surface area (Å²) in [7, 11) is 1.78. The Morgan fingerprint density at radius 3 is 2.88 bits per heavy atom. The monoisotopic (exact) mass is 235 g/mol. The second-order valence-corrected chi connectivity index (χ2v) is 4.02. The van der Waals surface area contributed by atoms with Crippen LogP contribution in [0.1, 0.15) is 17.2 Å². The summed E-state index contributed by atoms with van der Waals surface area (Å²) in [6.07, 6.45) is 2.34. The maximum atomic E-state index is 13.1. The van der Waals surface area contributed by atoms with Crippen molar-refractivity contribution >= 4 is 0 Å². The van der Waals surface area contributed by atoms with Crippen molar-refractivity contribution in [3.05, 3.63) is 47.5 Å². The number of aliphatic hydroxyl groups excluding tert-OH is 1. The van der Waals surface area contributed by atoms with Crippen LogP contribution in [-0.4, -0.2) is 26.7 Å². The predicted octanol–water partition coefficient (Wildman–Crippen LogP) is 1.27. The summed E-state index contributed by atoms with van der Waals surface area (Å²) in [4.78, 5) is 0. The fraction of sp³-hybridized carbons (Fsp3) is 0.333. The number of halogens is 1. The lowest BCUT2D eigenvalue weighted by molar-refractivity contribution is 0.263. The molecule has 1 aromatic carbocycles. The molecule has 0 spiro atoms. The molecule has 1 atom stereocenters. The zero-order valence-electron chi connectivity index (χ0n) is 9.55. The molecule has 5 heteroatoms. The normalized spacial score (nSPS) is 12.6. The molecule has 17 heavy (non-hydrogen) atoms. The molecule has 0 saturated carbocycles. The Morgan fingerprint density at radius 2 is 2.29 bits per heavy atom. The van der Waals surface area contributed by atoms with Gasteiger partial charge >= 0.3 is 0 Å². The van der Waals surface area contributed by atoms with Crippen molar-refractivity contribution in [3.8, 4) is 0 Å². The second kappa shape index (κ2) is 5.05. The lowest BCUT2D eigenvalue weighted by Gasteiger charge is -2.12. The van der Waals surface area contributed by atoms with Crippen molar-refractivity contribution in [1.82, 2.24) is 15.0 Å². The first-order chi connectivity index (χ1) is 8.19. The Morgan fingerprint density at radius 1 is 1.47 bits per heavy atom. The van der Waals surface area contributed by atoms with E-state index in [0.29, 0.717) is 6.42 Å². The maximum Gasteiger partial charge on any atom is 0.123 e. The number of nitrogens with zero attached hydrogens (tertiary/aromatic N) is 3. The zero-order chi connectivity index (χ0) is 12.3. The highest BCUT2D eigenvalue weighted by atomic mass is 19.1. The van der Waals surface area contributed by atoms with E-state index in [-0.39, 0.29) is 18.3 Å². The van der Waals surface area contributed by atoms with Gasteiger partial charge in [-0.3, -0.25) is 4.68 Å². The fourth-order valence-corrected chi connectivity index (χ4v) is 1.79. The highest BCUT2D eigenvalue weighted by Gasteiger charge is 2.13. The third-order valence-corrected chi connectivity index (χ3v) is 2.65. The molecular weight excluding hydrogens is 221 g/mol. The molecule has 1 aromatic heterocycles. The van der Waals surface area contributed by atoms with Gasteiger partial charge in [-0.25, -0.2) is 4.39 Å². The van der Waals surface area contributed by atoms with Crippen LogP contribution < -0.4 is 0 Å². The second-order valence-electron chi connectivity index (χ2n) is 4.02. The third-order valence-electron chi connectivity index (χ3n) is 2.65. The van der Waals surface area contributed by atoms with Gasteiger partial charge in [0, 0.05) is 25.6 Å². The summed E-state index contributed by atoms with van der Waals surface area (Å²) in [5.74, 6) is -0.442. The number of aliphatic hydroxyl groups is 1. The Labute approximate surface area is 98.7 Å². The molecule has 0 fully saturated rings. The molecule has 0 saturated heterocycles. The molecule has 0 aliphatic carbocycles. The minimum atomic E-state index is -0.292. The van der Waals surface area contributed by atoms with Gasteiger partial charge in [0.1, 0.15) is 5.82 Å². The summed E-state index contributed by atoms with van der Waals surface area (Å²) in [5.41, 5.74) is 1.56. The summed E-state index contributed by atoms with van der Waals surface area (Å²) in [6, 6.07) is 6.28. The van der Waals surface area contributed by atoms with Crippen LogP contribution in [0.25, 0.3) is 0 Å². The standard InChI is InChI=1S/C12H14FN3O/c1-16-7-12(14-15-16)6-10(8-17)9-3-2-4-11(13)5-9/h2-5,7,10,17H,6,8H2,1H3. The van der Waals surface area contributed by atoms with Crippen molar-refractivity contribution in [2.45, 2.75) is 12.3 Å². The number of aryl methyl sites for hydroxylation is 1. The van der Waals surface area contributed by atoms with Crippen molar-refractivity contribution in [2.75, 3.05) is 6.61 Å². The summed E-state index contributed by atoms with van der Waals surface area (Å²) in [5, 5.41) is 17.1. The molecule has 1 N–H and O–H groups in total. The Kier molecular flexibility index (Phi) is 3.49. The number of rotatable bonds is 4. The number of benzene rings is 1. The summed E-state index contributed by atoms with van der Waals surface area (Å²) in [6.45, 7) is -0.0416. The predicted molar refractivity (Wildman–Crippen MR) is 60.9 cm³/mol. The largest absolute Gasteiger partial charge is 0.396 e. The van der Waals surface area contributed by atoms with Crippen LogP contribution in [0.2, 0.25) is 0 Å². The highest BCUT2D eigenvalue weighted by molar-refractivity contribution is 5.22. The topological polar surface area (TPSA) is 50.9 Å². The molecule has 1 unspecified atom stereocenters. The number of aromatic nitrogens is 3. The quantitative estimate of drug-likeness (QED) is 0.868. The minimum Gasteiger partial charge on any atom is -0.396 e. The van der Waals surface area contributed by atoms with E-state index in [0.717, 1.165) is 11.3 Å². The van der Waals surface area contributed by atoms with Gasteiger partial charge in [0.15, 0.2) is 0 Å². The van der Waals surface area contributed by atoms with E-state index >= 15 is 0 Å². The Hall–Kier alpha value is -1.75. The molecule has 4 nitrogen and oxygen atoms in total. The van der Waals surface area contributed by atoms with Crippen LogP contribution in [0.3, 0.4) is 0 Å². The minimum absolute atomic E-state index is 0.0416. The lowest BCUT2D eigenvalue weighted by atomic mass is 9.95. The van der Waals surface area contributed by atoms with Gasteiger partial charge in [0.2, 0.25) is 0 Å². The van der Waals surface area contributed by atoms with Crippen LogP contribution >= 0.6 is 0 Å². The van der Waals surface area contributed by atoms with Crippen LogP contribution in [0.5, 0.6) is 0 Å². The van der Waals surface area contributed by atoms with Crippen LogP contribution in [-0.2, 0) is 13.5 Å². The molecule has 2 rings (SSSR count). The number of hydrogen-bond acceptors (Lipinski definition) is 3. The van der Waals surface area contributed by atoms with Crippen molar-refractivity contribution < 1.29 is 9.50 Å². The summed E-state index contributed by atoms with van der Waals surface area (Å²) < 4.78 is 14.7. The van der Waals surface area contributed by atoms with Gasteiger partial charge in [-0.2, -0.15) is 0 Å². The fourth-order valence-electron chi connectivity index (χ4n) is 1.79. The van der Waals surface area contributed by atoms with E-state index in [9.17, 15) is 9.50 Å². The molecule has 0 aliphatic heterocycles. The molecule has 0 amide bonds. The van der Waals surface area contributed by atoms with Gasteiger partial charge in [0.25, 0.3) is 0 Å². The molecule has 0 bridgehead atoms. The molecule has 2 aromatic rings. The average molecular weight is 235 g/mol. The maximum absolute atomic E-state index is 13.1. The first-order valence-corrected chi connectivity index (χ1v) is 5.40. The zero-order valence-corrected chi connectivity index (χ0v) is 9.55. The van der Waals surface area contributed by atoms with Crippen LogP contribution in [0.4, 0.5) is 4.39 Å². The van der Waals surface area contributed by atoms with Gasteiger partial charge in [-0.05, 0) is 17.7 Å². The summed E-state index contributed by atoms with van der Waals surface area (Å²) >= 11 is 0. The van der Waals surface area contributed by atoms with Crippen molar-refractivity contribution in [2.24, 2.45) is 7.05 Å². The highest BCUT2D eigenvalue weighted by Crippen LogP contribution is 2.20. The molecule has 90 valence electrons. The van der Waals surface area contributed by atoms with Gasteiger partial charge < -0.3 is 5.11 Å². The lowest BCUT2D eigenvalue weighted by Crippen LogP contribution is -2.08. The van der Waals surface area contributed by atoms with Crippen LogP contribution in [0.15, 0.2) is 30.5 Å². The Bertz CT molecular complexity index is 498. The SMILES string of the molecule is Cn1cc(CC(CO)c2cccc(F)c2)nn1.